The second-order valence-corrected chi connectivity index (χ2v) is 7.34. The molecule has 160 valence electrons. The van der Waals surface area contributed by atoms with Crippen LogP contribution in [0.5, 0.6) is 5.75 Å². The molecule has 1 aliphatic rings. The number of likely N-dealkylation sites (tertiary alicyclic amines) is 1. The smallest absolute Gasteiger partial charge is 0.222 e. The molecule has 0 spiro atoms. The molecule has 0 atom stereocenters. The fourth-order valence-corrected chi connectivity index (χ4v) is 3.43. The lowest BCUT2D eigenvalue weighted by atomic mass is 10.2. The van der Waals surface area contributed by atoms with Crippen LogP contribution in [0.25, 0.3) is 0 Å². The van der Waals surface area contributed by atoms with Crippen molar-refractivity contribution in [1.29, 1.82) is 0 Å². The van der Waals surface area contributed by atoms with Crippen LogP contribution in [-0.2, 0) is 17.9 Å². The Morgan fingerprint density at radius 1 is 1.10 bits per heavy atom. The van der Waals surface area contributed by atoms with Gasteiger partial charge in [0.15, 0.2) is 5.96 Å². The predicted octanol–water partition coefficient (Wildman–Crippen LogP) is 3.33. The summed E-state index contributed by atoms with van der Waals surface area (Å²) in [7, 11) is 0. The number of ether oxygens (including phenoxy) is 1. The van der Waals surface area contributed by atoms with Gasteiger partial charge in [-0.15, -0.1) is 0 Å². The summed E-state index contributed by atoms with van der Waals surface area (Å²) in [4.78, 5) is 18.4. The van der Waals surface area contributed by atoms with E-state index in [0.29, 0.717) is 19.6 Å². The van der Waals surface area contributed by atoms with Gasteiger partial charge in [-0.1, -0.05) is 48.5 Å². The highest BCUT2D eigenvalue weighted by Gasteiger charge is 2.18. The molecule has 0 unspecified atom stereocenters. The quantitative estimate of drug-likeness (QED) is 0.360. The molecular formula is C24H32N4O2. The Balaban J connectivity index is 1.51. The van der Waals surface area contributed by atoms with Crippen LogP contribution in [0.1, 0.15) is 37.3 Å². The Hall–Kier alpha value is -3.02. The molecule has 1 heterocycles. The lowest BCUT2D eigenvalue weighted by Crippen LogP contribution is -2.39. The topological polar surface area (TPSA) is 66.0 Å². The molecule has 6 heteroatoms. The van der Waals surface area contributed by atoms with Crippen molar-refractivity contribution >= 4 is 11.9 Å². The minimum Gasteiger partial charge on any atom is -0.489 e. The van der Waals surface area contributed by atoms with Gasteiger partial charge in [-0.25, -0.2) is 4.99 Å². The molecule has 0 aromatic heterocycles. The maximum Gasteiger partial charge on any atom is 0.222 e. The third-order valence-corrected chi connectivity index (χ3v) is 5.03. The summed E-state index contributed by atoms with van der Waals surface area (Å²) in [6, 6.07) is 18.2. The molecule has 2 aromatic rings. The van der Waals surface area contributed by atoms with E-state index in [2.05, 4.69) is 29.7 Å². The molecule has 0 radical (unpaired) electrons. The van der Waals surface area contributed by atoms with Crippen molar-refractivity contribution in [2.45, 2.75) is 39.3 Å². The van der Waals surface area contributed by atoms with E-state index in [0.717, 1.165) is 61.9 Å². The van der Waals surface area contributed by atoms with Crippen LogP contribution in [-0.4, -0.2) is 42.9 Å². The van der Waals surface area contributed by atoms with Crippen LogP contribution in [0.2, 0.25) is 0 Å². The molecule has 2 N–H and O–H groups in total. The van der Waals surface area contributed by atoms with E-state index in [1.807, 2.05) is 47.4 Å². The maximum absolute atomic E-state index is 11.7. The van der Waals surface area contributed by atoms with Gasteiger partial charge < -0.3 is 20.3 Å². The maximum atomic E-state index is 11.7. The van der Waals surface area contributed by atoms with E-state index in [4.69, 9.17) is 9.73 Å². The Kier molecular flexibility index (Phi) is 8.57. The first-order valence-corrected chi connectivity index (χ1v) is 10.8. The van der Waals surface area contributed by atoms with Gasteiger partial charge in [-0.2, -0.15) is 0 Å². The summed E-state index contributed by atoms with van der Waals surface area (Å²) >= 11 is 0. The van der Waals surface area contributed by atoms with E-state index in [-0.39, 0.29) is 5.91 Å². The van der Waals surface area contributed by atoms with E-state index in [1.165, 1.54) is 0 Å². The Morgan fingerprint density at radius 2 is 1.90 bits per heavy atom. The molecule has 30 heavy (non-hydrogen) atoms. The number of carbonyl (C=O) groups is 1. The molecule has 3 rings (SSSR count). The molecule has 0 bridgehead atoms. The van der Waals surface area contributed by atoms with Crippen LogP contribution in [0, 0.1) is 0 Å². The fourth-order valence-electron chi connectivity index (χ4n) is 3.43. The van der Waals surface area contributed by atoms with Crippen LogP contribution in [0.4, 0.5) is 0 Å². The number of nitrogens with one attached hydrogen (secondary N) is 2. The zero-order valence-corrected chi connectivity index (χ0v) is 17.8. The molecule has 6 nitrogen and oxygen atoms in total. The zero-order valence-electron chi connectivity index (χ0n) is 17.8. The average Bonchev–Trinajstić information content (AvgIpc) is 3.19. The second-order valence-electron chi connectivity index (χ2n) is 7.34. The first kappa shape index (κ1) is 21.7. The summed E-state index contributed by atoms with van der Waals surface area (Å²) in [6.45, 7) is 6.40. The Labute approximate surface area is 179 Å². The Morgan fingerprint density at radius 3 is 2.67 bits per heavy atom. The molecule has 1 saturated heterocycles. The number of para-hydroxylation sites is 1. The number of carbonyl (C=O) groups excluding carboxylic acids is 1. The van der Waals surface area contributed by atoms with Gasteiger partial charge in [0.05, 0.1) is 6.54 Å². The van der Waals surface area contributed by atoms with Gasteiger partial charge in [0.2, 0.25) is 5.91 Å². The van der Waals surface area contributed by atoms with Crippen molar-refractivity contribution in [2.75, 3.05) is 26.2 Å². The van der Waals surface area contributed by atoms with Gasteiger partial charge in [0.1, 0.15) is 12.4 Å². The molecule has 1 fully saturated rings. The third-order valence-electron chi connectivity index (χ3n) is 5.03. The zero-order chi connectivity index (χ0) is 21.0. The highest BCUT2D eigenvalue weighted by molar-refractivity contribution is 5.80. The number of guanidine groups is 1. The SMILES string of the molecule is CCNC(=NCc1ccccc1OCc1ccccc1)NCCCN1CCCC1=O. The van der Waals surface area contributed by atoms with Gasteiger partial charge in [0, 0.05) is 38.2 Å². The normalized spacial score (nSPS) is 14.1. The highest BCUT2D eigenvalue weighted by atomic mass is 16.5. The highest BCUT2D eigenvalue weighted by Crippen LogP contribution is 2.20. The largest absolute Gasteiger partial charge is 0.489 e. The number of benzene rings is 2. The summed E-state index contributed by atoms with van der Waals surface area (Å²) in [5.74, 6) is 1.92. The summed E-state index contributed by atoms with van der Waals surface area (Å²) < 4.78 is 6.03. The van der Waals surface area contributed by atoms with E-state index < -0.39 is 0 Å². The minimum atomic E-state index is 0.280. The molecule has 1 amide bonds. The second kappa shape index (κ2) is 11.9. The molecule has 0 saturated carbocycles. The average molecular weight is 409 g/mol. The monoisotopic (exact) mass is 408 g/mol. The molecular weight excluding hydrogens is 376 g/mol. The lowest BCUT2D eigenvalue weighted by Gasteiger charge is -2.16. The lowest BCUT2D eigenvalue weighted by molar-refractivity contribution is -0.127. The van der Waals surface area contributed by atoms with Crippen LogP contribution >= 0.6 is 0 Å². The van der Waals surface area contributed by atoms with Crippen LogP contribution < -0.4 is 15.4 Å². The number of hydrogen-bond donors (Lipinski definition) is 2. The van der Waals surface area contributed by atoms with Crippen molar-refractivity contribution in [3.05, 3.63) is 65.7 Å². The first-order chi connectivity index (χ1) is 14.8. The first-order valence-electron chi connectivity index (χ1n) is 10.8. The number of aliphatic imine (C=N–C) groups is 1. The van der Waals surface area contributed by atoms with E-state index in [9.17, 15) is 4.79 Å². The van der Waals surface area contributed by atoms with Gasteiger partial charge in [-0.05, 0) is 31.4 Å². The number of rotatable bonds is 10. The van der Waals surface area contributed by atoms with Gasteiger partial charge in [0.25, 0.3) is 0 Å². The Bertz CT molecular complexity index is 823. The van der Waals surface area contributed by atoms with Crippen molar-refractivity contribution in [1.82, 2.24) is 15.5 Å². The third kappa shape index (κ3) is 6.79. The summed E-state index contributed by atoms with van der Waals surface area (Å²) in [5, 5.41) is 6.65. The van der Waals surface area contributed by atoms with Crippen molar-refractivity contribution < 1.29 is 9.53 Å². The minimum absolute atomic E-state index is 0.280. The molecule has 0 aliphatic carbocycles. The van der Waals surface area contributed by atoms with Gasteiger partial charge >= 0.3 is 0 Å². The van der Waals surface area contributed by atoms with Crippen molar-refractivity contribution in [3.63, 3.8) is 0 Å². The standard InChI is InChI=1S/C24H32N4O2/c1-2-25-24(26-15-9-17-28-16-8-14-23(28)29)27-18-21-12-6-7-13-22(21)30-19-20-10-4-3-5-11-20/h3-7,10-13H,2,8-9,14-19H2,1H3,(H2,25,26,27). The molecule has 1 aliphatic heterocycles. The summed E-state index contributed by atoms with van der Waals surface area (Å²) in [6.07, 6.45) is 2.60. The predicted molar refractivity (Wildman–Crippen MR) is 120 cm³/mol. The van der Waals surface area contributed by atoms with Crippen molar-refractivity contribution in [2.24, 2.45) is 4.99 Å². The number of nitrogens with zero attached hydrogens (tertiary/aromatic N) is 2. The summed E-state index contributed by atoms with van der Waals surface area (Å²) in [5.41, 5.74) is 2.19. The van der Waals surface area contributed by atoms with Crippen molar-refractivity contribution in [3.8, 4) is 5.75 Å². The van der Waals surface area contributed by atoms with Gasteiger partial charge in [-0.3, -0.25) is 4.79 Å². The van der Waals surface area contributed by atoms with Crippen LogP contribution in [0.3, 0.4) is 0 Å². The fraction of sp³-hybridized carbons (Fsp3) is 0.417. The molecule has 2 aromatic carbocycles. The number of hydrogen-bond acceptors (Lipinski definition) is 3. The number of amides is 1. The van der Waals surface area contributed by atoms with Crippen LogP contribution in [0.15, 0.2) is 59.6 Å². The van der Waals surface area contributed by atoms with E-state index >= 15 is 0 Å². The van der Waals surface area contributed by atoms with E-state index in [1.54, 1.807) is 0 Å².